The van der Waals surface area contributed by atoms with Crippen LogP contribution in [0.5, 0.6) is 0 Å². The van der Waals surface area contributed by atoms with Gasteiger partial charge in [-0.2, -0.15) is 0 Å². The molecule has 0 radical (unpaired) electrons. The molecule has 2 aromatic rings. The molecule has 7 atom stereocenters. The molecule has 12 nitrogen and oxygen atoms in total. The zero-order chi connectivity index (χ0) is 36.7. The number of carbonyl (C=O) groups is 5. The van der Waals surface area contributed by atoms with Crippen molar-refractivity contribution >= 4 is 29.6 Å². The zero-order valence-corrected chi connectivity index (χ0v) is 29.9. The lowest BCUT2D eigenvalue weighted by Crippen LogP contribution is -2.59. The number of nitrogens with one attached hydrogen (secondary N) is 4. The van der Waals surface area contributed by atoms with Gasteiger partial charge in [0.15, 0.2) is 0 Å². The minimum atomic E-state index is -0.932. The average Bonchev–Trinajstić information content (AvgIpc) is 3.07. The van der Waals surface area contributed by atoms with Crippen molar-refractivity contribution in [1.82, 2.24) is 21.3 Å². The fourth-order valence-corrected chi connectivity index (χ4v) is 5.36. The summed E-state index contributed by atoms with van der Waals surface area (Å²) in [7, 11) is 1.25. The Morgan fingerprint density at radius 2 is 1.14 bits per heavy atom. The summed E-state index contributed by atoms with van der Waals surface area (Å²) in [6, 6.07) is 13.6. The molecule has 8 N–H and O–H groups in total. The summed E-state index contributed by atoms with van der Waals surface area (Å²) in [4.78, 5) is 65.8. The van der Waals surface area contributed by atoms with Crippen molar-refractivity contribution in [3.63, 3.8) is 0 Å². The van der Waals surface area contributed by atoms with Crippen LogP contribution in [-0.2, 0) is 41.6 Å². The Morgan fingerprint density at radius 1 is 0.653 bits per heavy atom. The third-order valence-electron chi connectivity index (χ3n) is 8.68. The van der Waals surface area contributed by atoms with E-state index in [0.717, 1.165) is 11.1 Å². The Balaban J connectivity index is 2.21. The number of benzene rings is 2. The van der Waals surface area contributed by atoms with Gasteiger partial charge in [0.05, 0.1) is 13.2 Å². The van der Waals surface area contributed by atoms with Gasteiger partial charge in [-0.1, -0.05) is 109 Å². The second-order valence-corrected chi connectivity index (χ2v) is 13.4. The highest BCUT2D eigenvalue weighted by Gasteiger charge is 2.34. The minimum Gasteiger partial charge on any atom is -0.467 e. The number of esters is 1. The number of ether oxygens (including phenoxy) is 1. The Labute approximate surface area is 290 Å². The van der Waals surface area contributed by atoms with Crippen molar-refractivity contribution < 1.29 is 28.7 Å². The van der Waals surface area contributed by atoms with Gasteiger partial charge in [-0.15, -0.1) is 0 Å². The first kappa shape index (κ1) is 40.9. The van der Waals surface area contributed by atoms with Crippen molar-refractivity contribution in [2.24, 2.45) is 29.2 Å². The number of methoxy groups -OCH3 is 1. The maximum atomic E-state index is 13.7. The molecule has 0 fully saturated rings. The third kappa shape index (κ3) is 13.3. The monoisotopic (exact) mass is 680 g/mol. The Bertz CT molecular complexity index is 1360. The topological polar surface area (TPSA) is 195 Å². The second-order valence-electron chi connectivity index (χ2n) is 13.4. The highest BCUT2D eigenvalue weighted by atomic mass is 16.5. The normalized spacial score (nSPS) is 15.6. The first-order valence-electron chi connectivity index (χ1n) is 17.1. The van der Waals surface area contributed by atoms with Crippen LogP contribution >= 0.6 is 0 Å². The summed E-state index contributed by atoms with van der Waals surface area (Å²) < 4.78 is 4.85. The van der Waals surface area contributed by atoms with Gasteiger partial charge >= 0.3 is 5.97 Å². The van der Waals surface area contributed by atoms with Crippen LogP contribution in [0.2, 0.25) is 0 Å². The van der Waals surface area contributed by atoms with Crippen LogP contribution in [0.3, 0.4) is 0 Å². The van der Waals surface area contributed by atoms with Gasteiger partial charge in [0.25, 0.3) is 0 Å². The summed E-state index contributed by atoms with van der Waals surface area (Å²) in [6.45, 7) is 10.9. The van der Waals surface area contributed by atoms with E-state index in [0.29, 0.717) is 19.3 Å². The van der Waals surface area contributed by atoms with Crippen LogP contribution < -0.4 is 32.7 Å². The van der Waals surface area contributed by atoms with Gasteiger partial charge in [-0.3, -0.25) is 19.2 Å². The van der Waals surface area contributed by atoms with E-state index in [4.69, 9.17) is 16.2 Å². The molecule has 0 bridgehead atoms. The van der Waals surface area contributed by atoms with Gasteiger partial charge in [-0.05, 0) is 41.7 Å². The van der Waals surface area contributed by atoms with Crippen molar-refractivity contribution in [2.75, 3.05) is 7.11 Å². The van der Waals surface area contributed by atoms with Crippen molar-refractivity contribution in [1.29, 1.82) is 0 Å². The standard InChI is InChI=1S/C37H56N6O6/c1-8-24(6)33(36(47)43-32(23(4)5)37(48)49-7)41-30(44)21-27(38)29(20-26-17-13-10-14-18-26)40-35(46)31(22(2)3)42-34(45)28(39)19-25-15-11-9-12-16-25/h9-18,22-24,27-29,31-33H,8,19-21,38-39H2,1-7H3,(H,40,46)(H,41,44)(H,42,45)(H,43,47)/t24-,27-,28-,29-,31?,32?,33-/m0/s1. The van der Waals surface area contributed by atoms with E-state index in [-0.39, 0.29) is 24.2 Å². The van der Waals surface area contributed by atoms with Crippen molar-refractivity contribution in [2.45, 2.75) is 103 Å². The van der Waals surface area contributed by atoms with Gasteiger partial charge in [-0.25, -0.2) is 4.79 Å². The molecular weight excluding hydrogens is 624 g/mol. The van der Waals surface area contributed by atoms with Crippen molar-refractivity contribution in [3.05, 3.63) is 71.8 Å². The molecule has 2 aromatic carbocycles. The van der Waals surface area contributed by atoms with Gasteiger partial charge in [0, 0.05) is 18.5 Å². The Hall–Kier alpha value is -4.29. The smallest absolute Gasteiger partial charge is 0.328 e. The van der Waals surface area contributed by atoms with Crippen LogP contribution in [-0.4, -0.2) is 73.0 Å². The zero-order valence-electron chi connectivity index (χ0n) is 29.9. The highest BCUT2D eigenvalue weighted by Crippen LogP contribution is 2.14. The lowest BCUT2D eigenvalue weighted by atomic mass is 9.94. The molecule has 12 heteroatoms. The Morgan fingerprint density at radius 3 is 1.63 bits per heavy atom. The second kappa shape index (κ2) is 20.3. The van der Waals surface area contributed by atoms with E-state index in [1.807, 2.05) is 88.4 Å². The molecule has 0 aliphatic heterocycles. The predicted octanol–water partition coefficient (Wildman–Crippen LogP) is 1.99. The molecule has 0 spiro atoms. The number of carbonyl (C=O) groups excluding carboxylic acids is 5. The van der Waals surface area contributed by atoms with E-state index in [1.165, 1.54) is 7.11 Å². The summed E-state index contributed by atoms with van der Waals surface area (Å²) >= 11 is 0. The van der Waals surface area contributed by atoms with E-state index >= 15 is 0 Å². The molecule has 0 saturated carbocycles. The molecule has 0 heterocycles. The van der Waals surface area contributed by atoms with Gasteiger partial charge in [0.1, 0.15) is 18.1 Å². The molecule has 0 saturated heterocycles. The molecule has 49 heavy (non-hydrogen) atoms. The van der Waals surface area contributed by atoms with Gasteiger partial charge < -0.3 is 37.5 Å². The maximum absolute atomic E-state index is 13.7. The fourth-order valence-electron chi connectivity index (χ4n) is 5.36. The van der Waals surface area contributed by atoms with Crippen LogP contribution in [0.4, 0.5) is 0 Å². The highest BCUT2D eigenvalue weighted by molar-refractivity contribution is 5.92. The number of amides is 4. The molecule has 0 aliphatic rings. The van der Waals surface area contributed by atoms with E-state index in [2.05, 4.69) is 21.3 Å². The third-order valence-corrected chi connectivity index (χ3v) is 8.68. The minimum absolute atomic E-state index is 0.205. The fraction of sp³-hybridized carbons (Fsp3) is 0.541. The van der Waals surface area contributed by atoms with Crippen LogP contribution in [0.15, 0.2) is 60.7 Å². The van der Waals surface area contributed by atoms with Crippen LogP contribution in [0, 0.1) is 17.8 Å². The number of nitrogens with two attached hydrogens (primary N) is 2. The molecule has 4 amide bonds. The van der Waals surface area contributed by atoms with E-state index < -0.39 is 65.8 Å². The quantitative estimate of drug-likeness (QED) is 0.121. The summed E-state index contributed by atoms with van der Waals surface area (Å²) in [6.07, 6.45) is 1.01. The molecule has 0 aliphatic carbocycles. The predicted molar refractivity (Wildman–Crippen MR) is 190 cm³/mol. The molecular formula is C37H56N6O6. The molecule has 2 unspecified atom stereocenters. The molecule has 0 aromatic heterocycles. The summed E-state index contributed by atoms with van der Waals surface area (Å²) in [5, 5.41) is 11.3. The number of hydrogen-bond donors (Lipinski definition) is 6. The summed E-state index contributed by atoms with van der Waals surface area (Å²) in [5.41, 5.74) is 14.6. The Kier molecular flexibility index (Phi) is 16.9. The van der Waals surface area contributed by atoms with Crippen molar-refractivity contribution in [3.8, 4) is 0 Å². The number of rotatable bonds is 19. The van der Waals surface area contributed by atoms with Gasteiger partial charge in [0.2, 0.25) is 23.6 Å². The maximum Gasteiger partial charge on any atom is 0.328 e. The van der Waals surface area contributed by atoms with E-state index in [1.54, 1.807) is 13.8 Å². The number of hydrogen-bond acceptors (Lipinski definition) is 8. The lowest BCUT2D eigenvalue weighted by molar-refractivity contribution is -0.147. The first-order valence-corrected chi connectivity index (χ1v) is 17.1. The first-order chi connectivity index (χ1) is 23.2. The largest absolute Gasteiger partial charge is 0.467 e. The van der Waals surface area contributed by atoms with Crippen LogP contribution in [0.1, 0.15) is 65.5 Å². The molecule has 2 rings (SSSR count). The van der Waals surface area contributed by atoms with Crippen LogP contribution in [0.25, 0.3) is 0 Å². The van der Waals surface area contributed by atoms with E-state index in [9.17, 15) is 24.0 Å². The lowest BCUT2D eigenvalue weighted by Gasteiger charge is -2.30. The summed E-state index contributed by atoms with van der Waals surface area (Å²) in [5.74, 6) is -3.25. The average molecular weight is 681 g/mol. The molecule has 270 valence electrons. The SMILES string of the molecule is CC[C@H](C)[C@H](NC(=O)C[C@H](N)[C@H](Cc1ccccc1)NC(=O)C(NC(=O)[C@@H](N)Cc1ccccc1)C(C)C)C(=O)NC(C(=O)OC)C(C)C.